The summed E-state index contributed by atoms with van der Waals surface area (Å²) in [4.78, 5) is 4.46. The van der Waals surface area contributed by atoms with Gasteiger partial charge in [0.05, 0.1) is 5.69 Å². The lowest BCUT2D eigenvalue weighted by molar-refractivity contribution is 0.125. The summed E-state index contributed by atoms with van der Waals surface area (Å²) < 4.78 is 5.78. The molecule has 0 saturated heterocycles. The summed E-state index contributed by atoms with van der Waals surface area (Å²) in [5.74, 6) is 2.25. The first-order valence-electron chi connectivity index (χ1n) is 7.63. The van der Waals surface area contributed by atoms with E-state index in [9.17, 15) is 0 Å². The SMILES string of the molecule is CC(C)(C)Oc1nc(NCCC2CCCC2)ccc1N. The van der Waals surface area contributed by atoms with Gasteiger partial charge in [-0.25, -0.2) is 0 Å². The van der Waals surface area contributed by atoms with Crippen LogP contribution in [0.25, 0.3) is 0 Å². The molecule has 0 unspecified atom stereocenters. The molecule has 0 atom stereocenters. The minimum Gasteiger partial charge on any atom is -0.470 e. The Bertz CT molecular complexity index is 434. The minimum atomic E-state index is -0.288. The van der Waals surface area contributed by atoms with Crippen molar-refractivity contribution in [3.8, 4) is 5.88 Å². The summed E-state index contributed by atoms with van der Waals surface area (Å²) in [5, 5.41) is 3.38. The van der Waals surface area contributed by atoms with Crippen molar-refractivity contribution in [3.05, 3.63) is 12.1 Å². The van der Waals surface area contributed by atoms with Crippen molar-refractivity contribution in [3.63, 3.8) is 0 Å². The molecule has 0 aliphatic heterocycles. The van der Waals surface area contributed by atoms with Gasteiger partial charge in [0, 0.05) is 6.54 Å². The molecule has 1 aromatic heterocycles. The molecule has 0 spiro atoms. The lowest BCUT2D eigenvalue weighted by Crippen LogP contribution is -2.24. The van der Waals surface area contributed by atoms with Crippen molar-refractivity contribution in [2.75, 3.05) is 17.6 Å². The minimum absolute atomic E-state index is 0.288. The number of rotatable bonds is 5. The molecule has 112 valence electrons. The molecule has 3 N–H and O–H groups in total. The zero-order valence-electron chi connectivity index (χ0n) is 12.9. The van der Waals surface area contributed by atoms with E-state index in [-0.39, 0.29) is 5.60 Å². The highest BCUT2D eigenvalue weighted by molar-refractivity contribution is 5.53. The van der Waals surface area contributed by atoms with Crippen LogP contribution in [-0.2, 0) is 0 Å². The summed E-state index contributed by atoms with van der Waals surface area (Å²) in [6.45, 7) is 6.95. The van der Waals surface area contributed by atoms with E-state index >= 15 is 0 Å². The summed E-state index contributed by atoms with van der Waals surface area (Å²) in [5.41, 5.74) is 6.21. The molecule has 0 amide bonds. The van der Waals surface area contributed by atoms with E-state index < -0.39 is 0 Å². The topological polar surface area (TPSA) is 60.2 Å². The Morgan fingerprint density at radius 3 is 2.65 bits per heavy atom. The van der Waals surface area contributed by atoms with Crippen molar-refractivity contribution in [2.24, 2.45) is 5.92 Å². The lowest BCUT2D eigenvalue weighted by Gasteiger charge is -2.21. The van der Waals surface area contributed by atoms with Gasteiger partial charge in [0.15, 0.2) is 0 Å². The largest absolute Gasteiger partial charge is 0.470 e. The number of hydrogen-bond acceptors (Lipinski definition) is 4. The van der Waals surface area contributed by atoms with E-state index in [0.29, 0.717) is 11.6 Å². The van der Waals surface area contributed by atoms with Crippen LogP contribution in [0.1, 0.15) is 52.9 Å². The molecule has 0 radical (unpaired) electrons. The first-order valence-corrected chi connectivity index (χ1v) is 7.63. The van der Waals surface area contributed by atoms with Crippen LogP contribution in [0.15, 0.2) is 12.1 Å². The van der Waals surface area contributed by atoms with E-state index in [1.807, 2.05) is 32.9 Å². The third-order valence-electron chi connectivity index (χ3n) is 3.63. The van der Waals surface area contributed by atoms with Crippen molar-refractivity contribution < 1.29 is 4.74 Å². The number of aromatic nitrogens is 1. The number of ether oxygens (including phenoxy) is 1. The lowest BCUT2D eigenvalue weighted by atomic mass is 10.0. The normalized spacial score (nSPS) is 16.4. The molecule has 1 saturated carbocycles. The maximum atomic E-state index is 5.91. The highest BCUT2D eigenvalue weighted by Crippen LogP contribution is 2.28. The molecule has 0 bridgehead atoms. The van der Waals surface area contributed by atoms with Gasteiger partial charge in [-0.15, -0.1) is 0 Å². The fourth-order valence-electron chi connectivity index (χ4n) is 2.62. The smallest absolute Gasteiger partial charge is 0.239 e. The molecular formula is C16H27N3O. The number of anilines is 2. The summed E-state index contributed by atoms with van der Waals surface area (Å²) >= 11 is 0. The predicted octanol–water partition coefficient (Wildman–Crippen LogP) is 3.83. The van der Waals surface area contributed by atoms with E-state index in [4.69, 9.17) is 10.5 Å². The number of hydrogen-bond donors (Lipinski definition) is 2. The van der Waals surface area contributed by atoms with Crippen LogP contribution < -0.4 is 15.8 Å². The maximum absolute atomic E-state index is 5.91. The van der Waals surface area contributed by atoms with Crippen molar-refractivity contribution in [1.29, 1.82) is 0 Å². The molecule has 0 aromatic carbocycles. The Balaban J connectivity index is 1.89. The molecule has 1 aliphatic carbocycles. The number of nitrogens with zero attached hydrogens (tertiary/aromatic N) is 1. The molecule has 1 fully saturated rings. The van der Waals surface area contributed by atoms with Gasteiger partial charge in [0.2, 0.25) is 5.88 Å². The van der Waals surface area contributed by atoms with Crippen molar-refractivity contribution >= 4 is 11.5 Å². The Kier molecular flexibility index (Phi) is 4.73. The second-order valence-corrected chi connectivity index (χ2v) is 6.67. The van der Waals surface area contributed by atoms with E-state index in [2.05, 4.69) is 10.3 Å². The number of nitrogens with two attached hydrogens (primary N) is 1. The third-order valence-corrected chi connectivity index (χ3v) is 3.63. The number of nitrogen functional groups attached to an aromatic ring is 1. The highest BCUT2D eigenvalue weighted by Gasteiger charge is 2.16. The molecular weight excluding hydrogens is 250 g/mol. The Labute approximate surface area is 122 Å². The van der Waals surface area contributed by atoms with E-state index in [0.717, 1.165) is 18.3 Å². The average Bonchev–Trinajstić information content (AvgIpc) is 2.84. The van der Waals surface area contributed by atoms with Gasteiger partial charge in [-0.3, -0.25) is 0 Å². The third kappa shape index (κ3) is 4.58. The summed E-state index contributed by atoms with van der Waals surface area (Å²) in [6.07, 6.45) is 6.79. The summed E-state index contributed by atoms with van der Waals surface area (Å²) in [6, 6.07) is 3.77. The van der Waals surface area contributed by atoms with Crippen LogP contribution >= 0.6 is 0 Å². The average molecular weight is 277 g/mol. The van der Waals surface area contributed by atoms with E-state index in [1.165, 1.54) is 32.1 Å². The van der Waals surface area contributed by atoms with Crippen molar-refractivity contribution in [2.45, 2.75) is 58.5 Å². The highest BCUT2D eigenvalue weighted by atomic mass is 16.5. The molecule has 1 aromatic rings. The molecule has 4 nitrogen and oxygen atoms in total. The zero-order valence-corrected chi connectivity index (χ0v) is 12.9. The first kappa shape index (κ1) is 14.9. The van der Waals surface area contributed by atoms with Crippen LogP contribution in [0, 0.1) is 5.92 Å². The Hall–Kier alpha value is -1.45. The Morgan fingerprint density at radius 1 is 1.30 bits per heavy atom. The van der Waals surface area contributed by atoms with Gasteiger partial charge in [-0.05, 0) is 45.2 Å². The predicted molar refractivity (Wildman–Crippen MR) is 84.1 cm³/mol. The van der Waals surface area contributed by atoms with Crippen LogP contribution in [0.3, 0.4) is 0 Å². The fraction of sp³-hybridized carbons (Fsp3) is 0.688. The van der Waals surface area contributed by atoms with Gasteiger partial charge in [0.1, 0.15) is 11.4 Å². The fourth-order valence-corrected chi connectivity index (χ4v) is 2.62. The molecule has 1 aliphatic rings. The van der Waals surface area contributed by atoms with Crippen molar-refractivity contribution in [1.82, 2.24) is 4.98 Å². The van der Waals surface area contributed by atoms with Gasteiger partial charge >= 0.3 is 0 Å². The van der Waals surface area contributed by atoms with Crippen LogP contribution in [0.2, 0.25) is 0 Å². The molecule has 20 heavy (non-hydrogen) atoms. The van der Waals surface area contributed by atoms with E-state index in [1.54, 1.807) is 0 Å². The second kappa shape index (κ2) is 6.33. The monoisotopic (exact) mass is 277 g/mol. The van der Waals surface area contributed by atoms with Gasteiger partial charge in [-0.2, -0.15) is 4.98 Å². The first-order chi connectivity index (χ1) is 9.44. The molecule has 4 heteroatoms. The van der Waals surface area contributed by atoms with Gasteiger partial charge in [-0.1, -0.05) is 25.7 Å². The van der Waals surface area contributed by atoms with Gasteiger partial charge in [0.25, 0.3) is 0 Å². The number of pyridine rings is 1. The molecule has 1 heterocycles. The standard InChI is InChI=1S/C16H27N3O/c1-16(2,3)20-15-13(17)8-9-14(19-15)18-11-10-12-6-4-5-7-12/h8-9,12H,4-7,10-11,17H2,1-3H3,(H,18,19). The summed E-state index contributed by atoms with van der Waals surface area (Å²) in [7, 11) is 0. The van der Waals surface area contributed by atoms with Crippen LogP contribution in [0.5, 0.6) is 5.88 Å². The maximum Gasteiger partial charge on any atom is 0.239 e. The van der Waals surface area contributed by atoms with Crippen LogP contribution in [-0.4, -0.2) is 17.1 Å². The van der Waals surface area contributed by atoms with Gasteiger partial charge < -0.3 is 15.8 Å². The van der Waals surface area contributed by atoms with Crippen LogP contribution in [0.4, 0.5) is 11.5 Å². The molecule has 2 rings (SSSR count). The second-order valence-electron chi connectivity index (χ2n) is 6.67. The zero-order chi connectivity index (χ0) is 14.6. The number of nitrogens with one attached hydrogen (secondary N) is 1. The Morgan fingerprint density at radius 2 is 2.00 bits per heavy atom. The quantitative estimate of drug-likeness (QED) is 0.858.